The SMILES string of the molecule is CC(C)c1ccc(OCC(=O)NC(C)c2ccc3c(c2)CCC3)c(Br)c1. The highest BCUT2D eigenvalue weighted by molar-refractivity contribution is 9.10. The minimum atomic E-state index is -0.113. The van der Waals surface area contributed by atoms with Gasteiger partial charge in [-0.2, -0.15) is 0 Å². The predicted molar refractivity (Wildman–Crippen MR) is 109 cm³/mol. The lowest BCUT2D eigenvalue weighted by molar-refractivity contribution is -0.123. The number of carbonyl (C=O) groups is 1. The number of hydrogen-bond donors (Lipinski definition) is 1. The van der Waals surface area contributed by atoms with Crippen molar-refractivity contribution in [3.05, 3.63) is 63.1 Å². The van der Waals surface area contributed by atoms with Gasteiger partial charge >= 0.3 is 0 Å². The van der Waals surface area contributed by atoms with Crippen molar-refractivity contribution >= 4 is 21.8 Å². The number of rotatable bonds is 6. The molecule has 138 valence electrons. The van der Waals surface area contributed by atoms with Crippen LogP contribution in [0.2, 0.25) is 0 Å². The monoisotopic (exact) mass is 415 g/mol. The van der Waals surface area contributed by atoms with Crippen molar-refractivity contribution in [3.63, 3.8) is 0 Å². The lowest BCUT2D eigenvalue weighted by Crippen LogP contribution is -2.31. The molecule has 3 rings (SSSR count). The van der Waals surface area contributed by atoms with Crippen LogP contribution in [0.25, 0.3) is 0 Å². The molecule has 1 N–H and O–H groups in total. The number of aryl methyl sites for hydroxylation is 2. The Kier molecular flexibility index (Phi) is 6.02. The van der Waals surface area contributed by atoms with Crippen LogP contribution < -0.4 is 10.1 Å². The Hall–Kier alpha value is -1.81. The third kappa shape index (κ3) is 4.47. The van der Waals surface area contributed by atoms with E-state index in [1.54, 1.807) is 0 Å². The summed E-state index contributed by atoms with van der Waals surface area (Å²) in [6, 6.07) is 12.5. The maximum Gasteiger partial charge on any atom is 0.258 e. The Labute approximate surface area is 164 Å². The Bertz CT molecular complexity index is 801. The van der Waals surface area contributed by atoms with Gasteiger partial charge in [-0.05, 0) is 82.4 Å². The van der Waals surface area contributed by atoms with Gasteiger partial charge in [0.15, 0.2) is 6.61 Å². The van der Waals surface area contributed by atoms with Crippen molar-refractivity contribution in [2.75, 3.05) is 6.61 Å². The molecule has 2 aromatic carbocycles. The van der Waals surface area contributed by atoms with Gasteiger partial charge in [-0.1, -0.05) is 38.1 Å². The summed E-state index contributed by atoms with van der Waals surface area (Å²) in [5.41, 5.74) is 5.26. The van der Waals surface area contributed by atoms with Gasteiger partial charge in [0.2, 0.25) is 0 Å². The molecule has 4 heteroatoms. The quantitative estimate of drug-likeness (QED) is 0.693. The van der Waals surface area contributed by atoms with Crippen LogP contribution in [0.3, 0.4) is 0 Å². The third-order valence-corrected chi connectivity index (χ3v) is 5.60. The molecule has 1 atom stereocenters. The highest BCUT2D eigenvalue weighted by atomic mass is 79.9. The first-order valence-corrected chi connectivity index (χ1v) is 10.1. The minimum Gasteiger partial charge on any atom is -0.483 e. The normalized spacial score (nSPS) is 14.2. The number of benzene rings is 2. The van der Waals surface area contributed by atoms with Crippen LogP contribution in [0.5, 0.6) is 5.75 Å². The Morgan fingerprint density at radius 3 is 2.54 bits per heavy atom. The molecular weight excluding hydrogens is 390 g/mol. The van der Waals surface area contributed by atoms with Crippen molar-refractivity contribution in [2.45, 2.75) is 52.0 Å². The highest BCUT2D eigenvalue weighted by Crippen LogP contribution is 2.29. The van der Waals surface area contributed by atoms with Gasteiger partial charge in [-0.15, -0.1) is 0 Å². The Balaban J connectivity index is 1.55. The molecule has 0 aromatic heterocycles. The second-order valence-electron chi connectivity index (χ2n) is 7.30. The van der Waals surface area contributed by atoms with E-state index in [9.17, 15) is 4.79 Å². The van der Waals surface area contributed by atoms with Gasteiger partial charge < -0.3 is 10.1 Å². The van der Waals surface area contributed by atoms with Gasteiger partial charge in [-0.3, -0.25) is 4.79 Å². The summed E-state index contributed by atoms with van der Waals surface area (Å²) in [6.07, 6.45) is 3.56. The number of fused-ring (bicyclic) bond motifs is 1. The van der Waals surface area contributed by atoms with Crippen molar-refractivity contribution in [2.24, 2.45) is 0 Å². The van der Waals surface area contributed by atoms with Crippen molar-refractivity contribution in [3.8, 4) is 5.75 Å². The maximum absolute atomic E-state index is 12.3. The number of halogens is 1. The van der Waals surface area contributed by atoms with Gasteiger partial charge in [-0.25, -0.2) is 0 Å². The van der Waals surface area contributed by atoms with Crippen LogP contribution in [-0.4, -0.2) is 12.5 Å². The molecule has 0 bridgehead atoms. The van der Waals surface area contributed by atoms with Crippen molar-refractivity contribution < 1.29 is 9.53 Å². The van der Waals surface area contributed by atoms with E-state index >= 15 is 0 Å². The summed E-state index contributed by atoms with van der Waals surface area (Å²) in [6.45, 7) is 6.32. The summed E-state index contributed by atoms with van der Waals surface area (Å²) >= 11 is 3.52. The molecule has 0 saturated carbocycles. The molecule has 0 heterocycles. The Morgan fingerprint density at radius 1 is 1.08 bits per heavy atom. The van der Waals surface area contributed by atoms with Crippen LogP contribution in [0.15, 0.2) is 40.9 Å². The first-order valence-electron chi connectivity index (χ1n) is 9.27. The van der Waals surface area contributed by atoms with E-state index in [0.717, 1.165) is 16.5 Å². The zero-order chi connectivity index (χ0) is 18.7. The average Bonchev–Trinajstić information content (AvgIpc) is 3.08. The molecule has 1 aliphatic rings. The van der Waals surface area contributed by atoms with Gasteiger partial charge in [0.1, 0.15) is 5.75 Å². The summed E-state index contributed by atoms with van der Waals surface area (Å²) in [5, 5.41) is 3.03. The van der Waals surface area contributed by atoms with E-state index in [1.165, 1.54) is 29.5 Å². The van der Waals surface area contributed by atoms with Crippen LogP contribution >= 0.6 is 15.9 Å². The number of amides is 1. The molecule has 0 saturated heterocycles. The molecule has 0 spiro atoms. The first-order chi connectivity index (χ1) is 12.4. The molecule has 1 unspecified atom stereocenters. The average molecular weight is 416 g/mol. The number of nitrogens with one attached hydrogen (secondary N) is 1. The standard InChI is InChI=1S/C22H26BrNO2/c1-14(2)17-9-10-21(20(23)12-17)26-13-22(25)24-15(3)18-8-7-16-5-4-6-19(16)11-18/h7-12,14-15H,4-6,13H2,1-3H3,(H,24,25). The van der Waals surface area contributed by atoms with Gasteiger partial charge in [0.25, 0.3) is 5.91 Å². The first kappa shape index (κ1) is 19.0. The zero-order valence-corrected chi connectivity index (χ0v) is 17.2. The molecule has 0 aliphatic heterocycles. The molecule has 1 amide bonds. The zero-order valence-electron chi connectivity index (χ0n) is 15.6. The fraction of sp³-hybridized carbons (Fsp3) is 0.409. The van der Waals surface area contributed by atoms with E-state index < -0.39 is 0 Å². The molecule has 1 aliphatic carbocycles. The fourth-order valence-corrected chi connectivity index (χ4v) is 3.88. The molecular formula is C22H26BrNO2. The summed E-state index contributed by atoms with van der Waals surface area (Å²) in [4.78, 5) is 12.3. The molecule has 2 aromatic rings. The lowest BCUT2D eigenvalue weighted by Gasteiger charge is -2.16. The number of hydrogen-bond acceptors (Lipinski definition) is 2. The lowest BCUT2D eigenvalue weighted by atomic mass is 10.0. The second kappa shape index (κ2) is 8.26. The highest BCUT2D eigenvalue weighted by Gasteiger charge is 2.15. The molecule has 0 fully saturated rings. The van der Waals surface area contributed by atoms with E-state index in [4.69, 9.17) is 4.74 Å². The fourth-order valence-electron chi connectivity index (χ4n) is 3.36. The predicted octanol–water partition coefficient (Wildman–Crippen LogP) is 5.32. The minimum absolute atomic E-state index is 0.00884. The summed E-state index contributed by atoms with van der Waals surface area (Å²) in [7, 11) is 0. The topological polar surface area (TPSA) is 38.3 Å². The summed E-state index contributed by atoms with van der Waals surface area (Å²) < 4.78 is 6.56. The van der Waals surface area contributed by atoms with E-state index in [1.807, 2.05) is 25.1 Å². The molecule has 0 radical (unpaired) electrons. The molecule has 26 heavy (non-hydrogen) atoms. The largest absolute Gasteiger partial charge is 0.483 e. The van der Waals surface area contributed by atoms with Gasteiger partial charge in [0.05, 0.1) is 10.5 Å². The van der Waals surface area contributed by atoms with E-state index in [-0.39, 0.29) is 18.6 Å². The Morgan fingerprint density at radius 2 is 1.81 bits per heavy atom. The van der Waals surface area contributed by atoms with E-state index in [2.05, 4.69) is 53.3 Å². The van der Waals surface area contributed by atoms with Crippen LogP contribution in [0.4, 0.5) is 0 Å². The number of ether oxygens (including phenoxy) is 1. The maximum atomic E-state index is 12.3. The molecule has 3 nitrogen and oxygen atoms in total. The van der Waals surface area contributed by atoms with Crippen LogP contribution in [-0.2, 0) is 17.6 Å². The van der Waals surface area contributed by atoms with Gasteiger partial charge in [0, 0.05) is 0 Å². The van der Waals surface area contributed by atoms with E-state index in [0.29, 0.717) is 11.7 Å². The van der Waals surface area contributed by atoms with Crippen molar-refractivity contribution in [1.29, 1.82) is 0 Å². The van der Waals surface area contributed by atoms with Crippen LogP contribution in [0, 0.1) is 0 Å². The van der Waals surface area contributed by atoms with Crippen LogP contribution in [0.1, 0.15) is 61.4 Å². The summed E-state index contributed by atoms with van der Waals surface area (Å²) in [5.74, 6) is 1.03. The number of carbonyl (C=O) groups excluding carboxylic acids is 1. The second-order valence-corrected chi connectivity index (χ2v) is 8.16. The third-order valence-electron chi connectivity index (χ3n) is 4.98. The smallest absolute Gasteiger partial charge is 0.258 e. The van der Waals surface area contributed by atoms with Crippen molar-refractivity contribution in [1.82, 2.24) is 5.32 Å².